The maximum Gasteiger partial charge on any atom is 0.0843 e. The summed E-state index contributed by atoms with van der Waals surface area (Å²) >= 11 is 8.73. The fourth-order valence-electron chi connectivity index (χ4n) is 1.47. The molecule has 0 saturated heterocycles. The van der Waals surface area contributed by atoms with Crippen LogP contribution in [-0.2, 0) is 6.54 Å². The topological polar surface area (TPSA) is 24.9 Å². The number of hydrogen-bond donors (Lipinski definition) is 1. The minimum atomic E-state index is 0.260. The first-order valence-electron chi connectivity index (χ1n) is 5.25. The number of pyridine rings is 1. The molecule has 0 bridgehead atoms. The largest absolute Gasteiger partial charge is 0.304 e. The first-order chi connectivity index (χ1) is 8.16. The second-order valence-electron chi connectivity index (χ2n) is 3.69. The summed E-state index contributed by atoms with van der Waals surface area (Å²) in [6.45, 7) is 2.98. The predicted molar refractivity (Wildman–Crippen MR) is 79.2 cm³/mol. The Morgan fingerprint density at radius 3 is 2.82 bits per heavy atom. The van der Waals surface area contributed by atoms with E-state index in [1.165, 1.54) is 4.88 Å². The summed E-state index contributed by atoms with van der Waals surface area (Å²) in [4.78, 5) is 5.63. The van der Waals surface area contributed by atoms with Crippen LogP contribution in [0.5, 0.6) is 0 Å². The number of nitrogens with one attached hydrogen (secondary N) is 1. The lowest BCUT2D eigenvalue weighted by Crippen LogP contribution is -2.18. The molecule has 0 aliphatic heterocycles. The van der Waals surface area contributed by atoms with Gasteiger partial charge in [0.05, 0.1) is 9.48 Å². The number of nitrogens with zero attached hydrogens (tertiary/aromatic N) is 1. The van der Waals surface area contributed by atoms with Crippen LogP contribution in [0.2, 0.25) is 0 Å². The standard InChI is InChI=1S/C12H12Br2N2S/c1-8(11-4-2-3-5-15-11)16-7-9-6-10(13)12(14)17-9/h2-6,8,16H,7H2,1H3. The Morgan fingerprint density at radius 1 is 1.41 bits per heavy atom. The Hall–Kier alpha value is -0.230. The quantitative estimate of drug-likeness (QED) is 0.849. The van der Waals surface area contributed by atoms with Gasteiger partial charge in [-0.25, -0.2) is 0 Å². The Balaban J connectivity index is 1.94. The van der Waals surface area contributed by atoms with Gasteiger partial charge >= 0.3 is 0 Å². The van der Waals surface area contributed by atoms with Gasteiger partial charge in [-0.3, -0.25) is 4.98 Å². The third kappa shape index (κ3) is 3.61. The molecule has 2 nitrogen and oxygen atoms in total. The molecule has 0 spiro atoms. The highest BCUT2D eigenvalue weighted by molar-refractivity contribution is 9.13. The molecule has 17 heavy (non-hydrogen) atoms. The molecule has 2 heterocycles. The molecule has 0 amide bonds. The number of aromatic nitrogens is 1. The number of halogens is 2. The number of rotatable bonds is 4. The van der Waals surface area contributed by atoms with Crippen LogP contribution >= 0.6 is 43.2 Å². The predicted octanol–water partition coefficient (Wildman–Crippen LogP) is 4.52. The van der Waals surface area contributed by atoms with Crippen LogP contribution in [0.1, 0.15) is 23.5 Å². The highest BCUT2D eigenvalue weighted by atomic mass is 79.9. The third-order valence-corrected chi connectivity index (χ3v) is 5.67. The lowest BCUT2D eigenvalue weighted by atomic mass is 10.2. The van der Waals surface area contributed by atoms with Crippen molar-refractivity contribution in [2.45, 2.75) is 19.5 Å². The lowest BCUT2D eigenvalue weighted by molar-refractivity contribution is 0.565. The molecule has 0 aliphatic rings. The molecule has 1 N–H and O–H groups in total. The van der Waals surface area contributed by atoms with Crippen LogP contribution in [0.4, 0.5) is 0 Å². The van der Waals surface area contributed by atoms with E-state index in [0.717, 1.165) is 20.5 Å². The lowest BCUT2D eigenvalue weighted by Gasteiger charge is -2.11. The van der Waals surface area contributed by atoms with Crippen LogP contribution in [0.15, 0.2) is 38.7 Å². The van der Waals surface area contributed by atoms with Gasteiger partial charge < -0.3 is 5.32 Å². The van der Waals surface area contributed by atoms with Crippen molar-refractivity contribution in [3.8, 4) is 0 Å². The SMILES string of the molecule is CC(NCc1cc(Br)c(Br)s1)c1ccccn1. The zero-order valence-electron chi connectivity index (χ0n) is 9.28. The van der Waals surface area contributed by atoms with Crippen molar-refractivity contribution in [3.05, 3.63) is 49.3 Å². The summed E-state index contributed by atoms with van der Waals surface area (Å²) in [6, 6.07) is 8.38. The molecule has 1 atom stereocenters. The molecule has 2 aromatic heterocycles. The van der Waals surface area contributed by atoms with E-state index in [9.17, 15) is 0 Å². The van der Waals surface area contributed by atoms with Gasteiger partial charge in [0.1, 0.15) is 0 Å². The molecule has 0 fully saturated rings. The van der Waals surface area contributed by atoms with Gasteiger partial charge in [0, 0.05) is 28.1 Å². The van der Waals surface area contributed by atoms with Crippen molar-refractivity contribution >= 4 is 43.2 Å². The van der Waals surface area contributed by atoms with E-state index in [1.807, 2.05) is 24.4 Å². The second kappa shape index (κ2) is 6.09. The Morgan fingerprint density at radius 2 is 2.24 bits per heavy atom. The average Bonchev–Trinajstić information content (AvgIpc) is 2.67. The van der Waals surface area contributed by atoms with Gasteiger partial charge in [-0.15, -0.1) is 11.3 Å². The molecule has 0 radical (unpaired) electrons. The van der Waals surface area contributed by atoms with E-state index < -0.39 is 0 Å². The van der Waals surface area contributed by atoms with Gasteiger partial charge in [0.25, 0.3) is 0 Å². The second-order valence-corrected chi connectivity index (χ2v) is 7.00. The first-order valence-corrected chi connectivity index (χ1v) is 7.65. The fourth-order valence-corrected chi connectivity index (χ4v) is 3.60. The minimum absolute atomic E-state index is 0.260. The van der Waals surface area contributed by atoms with Crippen molar-refractivity contribution in [1.82, 2.24) is 10.3 Å². The van der Waals surface area contributed by atoms with E-state index >= 15 is 0 Å². The molecular formula is C12H12Br2N2S. The van der Waals surface area contributed by atoms with Crippen molar-refractivity contribution in [2.24, 2.45) is 0 Å². The maximum atomic E-state index is 4.34. The smallest absolute Gasteiger partial charge is 0.0843 e. The molecule has 5 heteroatoms. The van der Waals surface area contributed by atoms with Crippen LogP contribution in [0, 0.1) is 0 Å². The van der Waals surface area contributed by atoms with E-state index in [4.69, 9.17) is 0 Å². The molecule has 0 aromatic carbocycles. The monoisotopic (exact) mass is 374 g/mol. The Bertz CT molecular complexity index is 465. The fraction of sp³-hybridized carbons (Fsp3) is 0.250. The van der Waals surface area contributed by atoms with Crippen molar-refractivity contribution < 1.29 is 0 Å². The van der Waals surface area contributed by atoms with E-state index in [1.54, 1.807) is 11.3 Å². The zero-order valence-corrected chi connectivity index (χ0v) is 13.3. The number of hydrogen-bond acceptors (Lipinski definition) is 3. The zero-order chi connectivity index (χ0) is 12.3. The highest BCUT2D eigenvalue weighted by Gasteiger charge is 2.08. The molecule has 0 aliphatic carbocycles. The molecule has 1 unspecified atom stereocenters. The summed E-state index contributed by atoms with van der Waals surface area (Å²) in [5.41, 5.74) is 1.07. The summed E-state index contributed by atoms with van der Waals surface area (Å²) in [7, 11) is 0. The van der Waals surface area contributed by atoms with Gasteiger partial charge in [0.2, 0.25) is 0 Å². The summed E-state index contributed by atoms with van der Waals surface area (Å²) in [6.07, 6.45) is 1.83. The molecule has 2 aromatic rings. The molecule has 90 valence electrons. The minimum Gasteiger partial charge on any atom is -0.304 e. The molecule has 0 saturated carbocycles. The summed E-state index contributed by atoms with van der Waals surface area (Å²) < 4.78 is 2.25. The highest BCUT2D eigenvalue weighted by Crippen LogP contribution is 2.32. The number of thiophene rings is 1. The van der Waals surface area contributed by atoms with Crippen molar-refractivity contribution in [1.29, 1.82) is 0 Å². The Kier molecular flexibility index (Phi) is 4.73. The van der Waals surface area contributed by atoms with Crippen molar-refractivity contribution in [3.63, 3.8) is 0 Å². The van der Waals surface area contributed by atoms with Crippen LogP contribution < -0.4 is 5.32 Å². The van der Waals surface area contributed by atoms with E-state index in [2.05, 4.69) is 55.2 Å². The van der Waals surface area contributed by atoms with Gasteiger partial charge in [-0.2, -0.15) is 0 Å². The molecule has 2 rings (SSSR count). The normalized spacial score (nSPS) is 12.6. The van der Waals surface area contributed by atoms with Crippen LogP contribution in [-0.4, -0.2) is 4.98 Å². The van der Waals surface area contributed by atoms with E-state index in [0.29, 0.717) is 0 Å². The maximum absolute atomic E-state index is 4.34. The third-order valence-electron chi connectivity index (χ3n) is 2.41. The average molecular weight is 376 g/mol. The molecular weight excluding hydrogens is 364 g/mol. The van der Waals surface area contributed by atoms with Gasteiger partial charge in [-0.1, -0.05) is 6.07 Å². The Labute approximate surface area is 122 Å². The summed E-state index contributed by atoms with van der Waals surface area (Å²) in [5.74, 6) is 0. The van der Waals surface area contributed by atoms with Crippen LogP contribution in [0.25, 0.3) is 0 Å². The van der Waals surface area contributed by atoms with Gasteiger partial charge in [-0.05, 0) is 57.0 Å². The van der Waals surface area contributed by atoms with Crippen LogP contribution in [0.3, 0.4) is 0 Å². The van der Waals surface area contributed by atoms with Crippen molar-refractivity contribution in [2.75, 3.05) is 0 Å². The van der Waals surface area contributed by atoms with Gasteiger partial charge in [0.15, 0.2) is 0 Å². The first kappa shape index (κ1) is 13.2. The van der Waals surface area contributed by atoms with E-state index in [-0.39, 0.29) is 6.04 Å². The summed E-state index contributed by atoms with van der Waals surface area (Å²) in [5, 5.41) is 3.46.